The summed E-state index contributed by atoms with van der Waals surface area (Å²) in [6.45, 7) is 1.98. The van der Waals surface area contributed by atoms with Crippen molar-refractivity contribution in [2.45, 2.75) is 19.8 Å². The third kappa shape index (κ3) is 3.33. The first-order valence-corrected chi connectivity index (χ1v) is 8.19. The molecule has 0 spiro atoms. The fraction of sp³-hybridized carbons (Fsp3) is 0.200. The molecule has 0 atom stereocenters. The van der Waals surface area contributed by atoms with Crippen molar-refractivity contribution in [3.8, 4) is 11.8 Å². The van der Waals surface area contributed by atoms with Crippen LogP contribution in [0.2, 0.25) is 0 Å². The molecule has 5 heteroatoms. The number of carbonyl (C=O) groups excluding carboxylic acids is 1. The molecular weight excluding hydrogens is 312 g/mol. The minimum atomic E-state index is 0.0395. The summed E-state index contributed by atoms with van der Waals surface area (Å²) in [6, 6.07) is 5.72. The monoisotopic (exact) mass is 328 g/mol. The Kier molecular flexibility index (Phi) is 3.87. The van der Waals surface area contributed by atoms with Gasteiger partial charge in [-0.25, -0.2) is 9.97 Å². The first-order valence-electron chi connectivity index (χ1n) is 8.19. The molecule has 5 nitrogen and oxygen atoms in total. The number of fused-ring (bicyclic) bond motifs is 1. The van der Waals surface area contributed by atoms with Gasteiger partial charge in [0.2, 0.25) is 5.91 Å². The normalized spacial score (nSPS) is 13.2. The topological polar surface area (TPSA) is 67.8 Å². The average molecular weight is 328 g/mol. The highest BCUT2D eigenvalue weighted by molar-refractivity contribution is 5.96. The van der Waals surface area contributed by atoms with E-state index >= 15 is 0 Å². The lowest BCUT2D eigenvalue weighted by molar-refractivity contribution is -0.117. The van der Waals surface area contributed by atoms with Gasteiger partial charge in [0.15, 0.2) is 0 Å². The van der Waals surface area contributed by atoms with Crippen LogP contribution in [0.5, 0.6) is 0 Å². The first-order chi connectivity index (χ1) is 12.2. The highest BCUT2D eigenvalue weighted by Gasteiger charge is 2.29. The van der Waals surface area contributed by atoms with Gasteiger partial charge in [-0.15, -0.1) is 0 Å². The van der Waals surface area contributed by atoms with E-state index in [0.29, 0.717) is 5.82 Å². The summed E-state index contributed by atoms with van der Waals surface area (Å²) in [5, 5.41) is 4.67. The number of nitrogens with one attached hydrogen (secondary N) is 1. The van der Waals surface area contributed by atoms with Gasteiger partial charge in [-0.05, 0) is 43.4 Å². The number of anilines is 1. The summed E-state index contributed by atoms with van der Waals surface area (Å²) in [5.41, 5.74) is 2.56. The molecule has 1 aliphatic rings. The van der Waals surface area contributed by atoms with Gasteiger partial charge < -0.3 is 5.32 Å². The van der Waals surface area contributed by atoms with Gasteiger partial charge in [0.1, 0.15) is 11.5 Å². The van der Waals surface area contributed by atoms with Gasteiger partial charge >= 0.3 is 0 Å². The number of aromatic nitrogens is 3. The van der Waals surface area contributed by atoms with Gasteiger partial charge in [-0.1, -0.05) is 12.0 Å². The lowest BCUT2D eigenvalue weighted by Gasteiger charge is -2.06. The van der Waals surface area contributed by atoms with Crippen molar-refractivity contribution in [1.29, 1.82) is 0 Å². The van der Waals surface area contributed by atoms with Crippen molar-refractivity contribution in [1.82, 2.24) is 15.0 Å². The standard InChI is InChI=1S/C20H16N4O/c1-13-3-2-8-22-18(13)7-6-15-10-21-11-16-12-23-19(9-17(15)16)24-20(25)14-4-5-14/h2-3,8-12,14H,4-5H2,1H3,(H,23,24,25). The summed E-state index contributed by atoms with van der Waals surface area (Å²) in [4.78, 5) is 24.8. The van der Waals surface area contributed by atoms with E-state index in [4.69, 9.17) is 0 Å². The lowest BCUT2D eigenvalue weighted by Crippen LogP contribution is -2.14. The van der Waals surface area contributed by atoms with Crippen LogP contribution >= 0.6 is 0 Å². The highest BCUT2D eigenvalue weighted by atomic mass is 16.2. The molecule has 4 rings (SSSR count). The number of hydrogen-bond acceptors (Lipinski definition) is 4. The van der Waals surface area contributed by atoms with Crippen molar-refractivity contribution < 1.29 is 4.79 Å². The summed E-state index contributed by atoms with van der Waals surface area (Å²) >= 11 is 0. The molecule has 3 aromatic rings. The largest absolute Gasteiger partial charge is 0.310 e. The SMILES string of the molecule is Cc1cccnc1C#Cc1cncc2cnc(NC(=O)C3CC3)cc12. The number of carbonyl (C=O) groups is 1. The van der Waals surface area contributed by atoms with E-state index in [1.54, 1.807) is 24.8 Å². The van der Waals surface area contributed by atoms with Gasteiger partial charge in [-0.3, -0.25) is 9.78 Å². The third-order valence-corrected chi connectivity index (χ3v) is 4.17. The predicted molar refractivity (Wildman–Crippen MR) is 95.8 cm³/mol. The average Bonchev–Trinajstić information content (AvgIpc) is 3.46. The van der Waals surface area contributed by atoms with Gasteiger partial charge in [0, 0.05) is 41.5 Å². The van der Waals surface area contributed by atoms with E-state index in [-0.39, 0.29) is 11.8 Å². The third-order valence-electron chi connectivity index (χ3n) is 4.17. The number of amides is 1. The van der Waals surface area contributed by atoms with Crippen molar-refractivity contribution in [3.63, 3.8) is 0 Å². The van der Waals surface area contributed by atoms with E-state index < -0.39 is 0 Å². The molecule has 0 saturated heterocycles. The van der Waals surface area contributed by atoms with Crippen LogP contribution < -0.4 is 5.32 Å². The fourth-order valence-corrected chi connectivity index (χ4v) is 2.55. The molecule has 3 heterocycles. The Bertz CT molecular complexity index is 1030. The second-order valence-corrected chi connectivity index (χ2v) is 6.16. The van der Waals surface area contributed by atoms with Crippen LogP contribution in [0.4, 0.5) is 5.82 Å². The quantitative estimate of drug-likeness (QED) is 0.734. The van der Waals surface area contributed by atoms with Gasteiger partial charge in [0.25, 0.3) is 0 Å². The number of nitrogens with zero attached hydrogens (tertiary/aromatic N) is 3. The Morgan fingerprint density at radius 1 is 1.20 bits per heavy atom. The molecule has 3 aromatic heterocycles. The predicted octanol–water partition coefficient (Wildman–Crippen LogP) is 3.08. The maximum Gasteiger partial charge on any atom is 0.228 e. The first kappa shape index (κ1) is 15.3. The molecule has 122 valence electrons. The van der Waals surface area contributed by atoms with Crippen LogP contribution in [0.15, 0.2) is 43.0 Å². The second kappa shape index (κ2) is 6.33. The molecule has 0 aliphatic heterocycles. The molecule has 0 radical (unpaired) electrons. The molecule has 1 fully saturated rings. The Hall–Kier alpha value is -3.26. The van der Waals surface area contributed by atoms with Crippen LogP contribution in [-0.4, -0.2) is 20.9 Å². The lowest BCUT2D eigenvalue weighted by atomic mass is 10.1. The van der Waals surface area contributed by atoms with Crippen LogP contribution in [0.1, 0.15) is 29.7 Å². The molecule has 1 aliphatic carbocycles. The van der Waals surface area contributed by atoms with Crippen molar-refractivity contribution in [3.05, 3.63) is 59.8 Å². The number of rotatable bonds is 2. The molecule has 0 aromatic carbocycles. The highest BCUT2D eigenvalue weighted by Crippen LogP contribution is 2.30. The maximum atomic E-state index is 11.9. The molecule has 1 N–H and O–H groups in total. The zero-order valence-corrected chi connectivity index (χ0v) is 13.8. The van der Waals surface area contributed by atoms with E-state index in [0.717, 1.165) is 40.4 Å². The van der Waals surface area contributed by atoms with Gasteiger partial charge in [-0.2, -0.15) is 0 Å². The summed E-state index contributed by atoms with van der Waals surface area (Å²) in [7, 11) is 0. The molecule has 1 saturated carbocycles. The second-order valence-electron chi connectivity index (χ2n) is 6.16. The van der Waals surface area contributed by atoms with Crippen molar-refractivity contribution >= 4 is 22.5 Å². The minimum absolute atomic E-state index is 0.0395. The number of aryl methyl sites for hydroxylation is 1. The van der Waals surface area contributed by atoms with Crippen LogP contribution in [0.25, 0.3) is 10.8 Å². The van der Waals surface area contributed by atoms with Crippen molar-refractivity contribution in [2.75, 3.05) is 5.32 Å². The minimum Gasteiger partial charge on any atom is -0.310 e. The summed E-state index contributed by atoms with van der Waals surface area (Å²) in [5.74, 6) is 6.97. The smallest absolute Gasteiger partial charge is 0.228 e. The Labute approximate surface area is 145 Å². The Morgan fingerprint density at radius 3 is 2.88 bits per heavy atom. The molecule has 1 amide bonds. The zero-order chi connectivity index (χ0) is 17.2. The number of hydrogen-bond donors (Lipinski definition) is 1. The molecule has 25 heavy (non-hydrogen) atoms. The summed E-state index contributed by atoms with van der Waals surface area (Å²) in [6.07, 6.45) is 8.83. The van der Waals surface area contributed by atoms with E-state index in [1.807, 2.05) is 25.1 Å². The van der Waals surface area contributed by atoms with Crippen LogP contribution in [0, 0.1) is 24.7 Å². The van der Waals surface area contributed by atoms with E-state index in [2.05, 4.69) is 32.1 Å². The maximum absolute atomic E-state index is 11.9. The Morgan fingerprint density at radius 2 is 2.08 bits per heavy atom. The number of pyridine rings is 3. The molecule has 0 bridgehead atoms. The van der Waals surface area contributed by atoms with Crippen LogP contribution in [0.3, 0.4) is 0 Å². The van der Waals surface area contributed by atoms with Crippen LogP contribution in [-0.2, 0) is 4.79 Å². The van der Waals surface area contributed by atoms with E-state index in [9.17, 15) is 4.79 Å². The molecular formula is C20H16N4O. The Balaban J connectivity index is 1.71. The summed E-state index contributed by atoms with van der Waals surface area (Å²) < 4.78 is 0. The fourth-order valence-electron chi connectivity index (χ4n) is 2.55. The van der Waals surface area contributed by atoms with Crippen molar-refractivity contribution in [2.24, 2.45) is 5.92 Å². The van der Waals surface area contributed by atoms with E-state index in [1.165, 1.54) is 0 Å². The zero-order valence-electron chi connectivity index (χ0n) is 13.8. The van der Waals surface area contributed by atoms with Gasteiger partial charge in [0.05, 0.1) is 5.56 Å². The molecule has 0 unspecified atom stereocenters.